The van der Waals surface area contributed by atoms with Gasteiger partial charge in [0.05, 0.1) is 6.54 Å². The van der Waals surface area contributed by atoms with E-state index in [9.17, 15) is 9.90 Å². The van der Waals surface area contributed by atoms with E-state index in [1.54, 1.807) is 0 Å². The molecule has 1 atom stereocenters. The second-order valence-electron chi connectivity index (χ2n) is 8.73. The van der Waals surface area contributed by atoms with Crippen molar-refractivity contribution in [2.45, 2.75) is 26.4 Å². The van der Waals surface area contributed by atoms with E-state index in [1.165, 1.54) is 5.56 Å². The molecule has 0 aliphatic carbocycles. The van der Waals surface area contributed by atoms with Crippen molar-refractivity contribution >= 4 is 11.6 Å². The summed E-state index contributed by atoms with van der Waals surface area (Å²) in [5.41, 5.74) is 4.56. The number of aliphatic hydroxyl groups is 1. The van der Waals surface area contributed by atoms with Gasteiger partial charge < -0.3 is 14.7 Å². The van der Waals surface area contributed by atoms with Crippen molar-refractivity contribution in [1.82, 2.24) is 9.80 Å². The molecule has 0 bridgehead atoms. The fraction of sp³-hybridized carbons (Fsp3) is 0.480. The SMILES string of the molecule is Cc1ccc(C)c(OCC(O)CN2CCN(CC(=O)N3CCc4ccccc43)CC2)c1. The number of carbonyl (C=O) groups excluding carboxylic acids is 1. The Kier molecular flexibility index (Phi) is 6.90. The summed E-state index contributed by atoms with van der Waals surface area (Å²) in [6, 6.07) is 14.3. The fourth-order valence-corrected chi connectivity index (χ4v) is 4.40. The quantitative estimate of drug-likeness (QED) is 0.740. The molecule has 31 heavy (non-hydrogen) atoms. The molecule has 1 fully saturated rings. The molecule has 4 rings (SSSR count). The molecule has 6 heteroatoms. The number of amides is 1. The molecule has 1 saturated heterocycles. The molecule has 0 saturated carbocycles. The molecule has 2 aromatic rings. The van der Waals surface area contributed by atoms with Crippen LogP contribution in [0.15, 0.2) is 42.5 Å². The molecule has 1 unspecified atom stereocenters. The number of nitrogens with zero attached hydrogens (tertiary/aromatic N) is 3. The van der Waals surface area contributed by atoms with Crippen LogP contribution in [-0.4, -0.2) is 79.3 Å². The van der Waals surface area contributed by atoms with Gasteiger partial charge in [-0.05, 0) is 49.1 Å². The van der Waals surface area contributed by atoms with Crippen LogP contribution in [0.4, 0.5) is 5.69 Å². The maximum atomic E-state index is 12.8. The summed E-state index contributed by atoms with van der Waals surface area (Å²) in [6.45, 7) is 9.55. The molecule has 0 aromatic heterocycles. The molecule has 2 heterocycles. The van der Waals surface area contributed by atoms with Crippen molar-refractivity contribution in [3.8, 4) is 5.75 Å². The van der Waals surface area contributed by atoms with Crippen LogP contribution in [0.1, 0.15) is 16.7 Å². The van der Waals surface area contributed by atoms with Crippen molar-refractivity contribution in [2.24, 2.45) is 0 Å². The Morgan fingerprint density at radius 1 is 1.03 bits per heavy atom. The molecule has 1 amide bonds. The summed E-state index contributed by atoms with van der Waals surface area (Å²) in [7, 11) is 0. The van der Waals surface area contributed by atoms with E-state index in [0.29, 0.717) is 13.1 Å². The van der Waals surface area contributed by atoms with Gasteiger partial charge in [0, 0.05) is 45.0 Å². The summed E-state index contributed by atoms with van der Waals surface area (Å²) in [5.74, 6) is 1.02. The lowest BCUT2D eigenvalue weighted by Gasteiger charge is -2.35. The maximum absolute atomic E-state index is 12.8. The predicted octanol–water partition coefficient (Wildman–Crippen LogP) is 2.25. The zero-order valence-electron chi connectivity index (χ0n) is 18.6. The Morgan fingerprint density at radius 2 is 1.77 bits per heavy atom. The number of benzene rings is 2. The Labute approximate surface area is 185 Å². The molecule has 0 spiro atoms. The largest absolute Gasteiger partial charge is 0.491 e. The molecule has 0 radical (unpaired) electrons. The number of ether oxygens (including phenoxy) is 1. The third-order valence-corrected chi connectivity index (χ3v) is 6.26. The van der Waals surface area contributed by atoms with Gasteiger partial charge in [0.1, 0.15) is 18.5 Å². The highest BCUT2D eigenvalue weighted by Crippen LogP contribution is 2.27. The number of piperazine rings is 1. The smallest absolute Gasteiger partial charge is 0.241 e. The van der Waals surface area contributed by atoms with E-state index in [4.69, 9.17) is 4.74 Å². The van der Waals surface area contributed by atoms with E-state index in [-0.39, 0.29) is 12.5 Å². The number of aryl methyl sites for hydroxylation is 2. The van der Waals surface area contributed by atoms with Crippen LogP contribution in [0.25, 0.3) is 0 Å². The second-order valence-corrected chi connectivity index (χ2v) is 8.73. The lowest BCUT2D eigenvalue weighted by atomic mass is 10.1. The number of para-hydroxylation sites is 1. The van der Waals surface area contributed by atoms with Crippen molar-refractivity contribution < 1.29 is 14.6 Å². The lowest BCUT2D eigenvalue weighted by Crippen LogP contribution is -2.51. The molecule has 166 valence electrons. The van der Waals surface area contributed by atoms with Gasteiger partial charge in [-0.15, -0.1) is 0 Å². The van der Waals surface area contributed by atoms with E-state index in [0.717, 1.165) is 61.7 Å². The summed E-state index contributed by atoms with van der Waals surface area (Å²) in [4.78, 5) is 19.2. The topological polar surface area (TPSA) is 56.3 Å². The summed E-state index contributed by atoms with van der Waals surface area (Å²) < 4.78 is 5.84. The number of aliphatic hydroxyl groups excluding tert-OH is 1. The van der Waals surface area contributed by atoms with Crippen LogP contribution in [0.3, 0.4) is 0 Å². The second kappa shape index (κ2) is 9.81. The van der Waals surface area contributed by atoms with Gasteiger partial charge in [-0.25, -0.2) is 0 Å². The first-order valence-corrected chi connectivity index (χ1v) is 11.2. The first-order chi connectivity index (χ1) is 15.0. The highest BCUT2D eigenvalue weighted by Gasteiger charge is 2.27. The molecular weight excluding hydrogens is 390 g/mol. The Morgan fingerprint density at radius 3 is 2.58 bits per heavy atom. The molecule has 2 aliphatic rings. The third-order valence-electron chi connectivity index (χ3n) is 6.26. The zero-order valence-corrected chi connectivity index (χ0v) is 18.6. The van der Waals surface area contributed by atoms with Gasteiger partial charge in [0.25, 0.3) is 0 Å². The number of hydrogen-bond donors (Lipinski definition) is 1. The predicted molar refractivity (Wildman–Crippen MR) is 123 cm³/mol. The van der Waals surface area contributed by atoms with E-state index >= 15 is 0 Å². The lowest BCUT2D eigenvalue weighted by molar-refractivity contribution is -0.120. The Hall–Kier alpha value is -2.41. The highest BCUT2D eigenvalue weighted by atomic mass is 16.5. The van der Waals surface area contributed by atoms with Gasteiger partial charge in [-0.3, -0.25) is 14.6 Å². The number of β-amino-alcohol motifs (C(OH)–C–C–N with tert-alkyl or cyclic N) is 1. The molecule has 2 aliphatic heterocycles. The van der Waals surface area contributed by atoms with Gasteiger partial charge >= 0.3 is 0 Å². The van der Waals surface area contributed by atoms with Crippen molar-refractivity contribution in [3.05, 3.63) is 59.2 Å². The van der Waals surface area contributed by atoms with Crippen LogP contribution in [0, 0.1) is 13.8 Å². The Bertz CT molecular complexity index is 909. The molecule has 2 aromatic carbocycles. The van der Waals surface area contributed by atoms with Gasteiger partial charge in [-0.1, -0.05) is 30.3 Å². The first kappa shape index (κ1) is 21.8. The molecule has 6 nitrogen and oxygen atoms in total. The van der Waals surface area contributed by atoms with Crippen molar-refractivity contribution in [1.29, 1.82) is 0 Å². The van der Waals surface area contributed by atoms with Gasteiger partial charge in [-0.2, -0.15) is 0 Å². The minimum Gasteiger partial charge on any atom is -0.491 e. The van der Waals surface area contributed by atoms with E-state index < -0.39 is 6.10 Å². The minimum absolute atomic E-state index is 0.181. The van der Waals surface area contributed by atoms with Crippen molar-refractivity contribution in [3.63, 3.8) is 0 Å². The van der Waals surface area contributed by atoms with Crippen LogP contribution in [-0.2, 0) is 11.2 Å². The first-order valence-electron chi connectivity index (χ1n) is 11.2. The highest BCUT2D eigenvalue weighted by molar-refractivity contribution is 5.96. The average Bonchev–Trinajstić information content (AvgIpc) is 3.20. The standard InChI is InChI=1S/C25H33N3O3/c1-19-7-8-20(2)24(15-19)31-18-22(29)16-26-11-13-27(14-12-26)17-25(30)28-10-9-21-5-3-4-6-23(21)28/h3-8,15,22,29H,9-14,16-18H2,1-2H3. The maximum Gasteiger partial charge on any atom is 0.241 e. The summed E-state index contributed by atoms with van der Waals surface area (Å²) >= 11 is 0. The number of fused-ring (bicyclic) bond motifs is 1. The van der Waals surface area contributed by atoms with Gasteiger partial charge in [0.2, 0.25) is 5.91 Å². The van der Waals surface area contributed by atoms with Crippen LogP contribution in [0.2, 0.25) is 0 Å². The number of hydrogen-bond acceptors (Lipinski definition) is 5. The van der Waals surface area contributed by atoms with Gasteiger partial charge in [0.15, 0.2) is 0 Å². The summed E-state index contributed by atoms with van der Waals surface area (Å²) in [5, 5.41) is 10.4. The Balaban J connectivity index is 1.19. The van der Waals surface area contributed by atoms with Crippen LogP contribution < -0.4 is 9.64 Å². The van der Waals surface area contributed by atoms with Crippen molar-refractivity contribution in [2.75, 3.05) is 57.3 Å². The third kappa shape index (κ3) is 5.45. The van der Waals surface area contributed by atoms with E-state index in [2.05, 4.69) is 21.9 Å². The average molecular weight is 424 g/mol. The number of anilines is 1. The number of carbonyl (C=O) groups is 1. The normalized spacial score (nSPS) is 18.1. The monoisotopic (exact) mass is 423 g/mol. The fourth-order valence-electron chi connectivity index (χ4n) is 4.40. The van der Waals surface area contributed by atoms with E-state index in [1.807, 2.05) is 49.1 Å². The summed E-state index contributed by atoms with van der Waals surface area (Å²) in [6.07, 6.45) is 0.409. The molecule has 1 N–H and O–H groups in total. The van der Waals surface area contributed by atoms with Crippen LogP contribution >= 0.6 is 0 Å². The van der Waals surface area contributed by atoms with Crippen LogP contribution in [0.5, 0.6) is 5.75 Å². The zero-order chi connectivity index (χ0) is 21.8. The molecular formula is C25H33N3O3. The number of rotatable bonds is 7. The minimum atomic E-state index is -0.533.